The first kappa shape index (κ1) is 28.3. The van der Waals surface area contributed by atoms with Crippen LogP contribution in [0.2, 0.25) is 0 Å². The van der Waals surface area contributed by atoms with E-state index >= 15 is 0 Å². The highest BCUT2D eigenvalue weighted by Gasteiger charge is 2.49. The standard InChI is InChI=1S/C18H32O15/c1-5-9(23)12(26)14(28)17(30-5)32-8(4-21)16(10(24)6(22)2-19)33-18-15(29)13(27)11(25)7(3-20)31-18/h4-20,22-29H,2-3H2,1H3/t5-,6?,7+,8-,9+,10-,11-,12+,13-,14-,15+,16+,17-,18+/m0/s1. The van der Waals surface area contributed by atoms with Crippen molar-refractivity contribution in [3.05, 3.63) is 0 Å². The number of rotatable bonds is 10. The molecular weight excluding hydrogens is 456 g/mol. The van der Waals surface area contributed by atoms with Gasteiger partial charge in [-0.25, -0.2) is 0 Å². The second-order valence-electron chi connectivity index (χ2n) is 7.96. The van der Waals surface area contributed by atoms with Crippen LogP contribution in [0.4, 0.5) is 0 Å². The molecule has 0 aliphatic carbocycles. The molecule has 2 rings (SSSR count). The Kier molecular flexibility index (Phi) is 10.5. The third kappa shape index (κ3) is 6.22. The SMILES string of the molecule is C[C@@H]1O[C@@H](O[C@@H](C=O)[C@@H](O[C@H]2O[C@H](CO)[C@H](O)[C@H](O)[C@H]2O)[C@@H](O)C(O)CO)[C@@H](O)[C@H](O)[C@@H]1O. The van der Waals surface area contributed by atoms with E-state index in [0.717, 1.165) is 0 Å². The summed E-state index contributed by atoms with van der Waals surface area (Å²) < 4.78 is 21.1. The molecule has 2 aliphatic rings. The Bertz CT molecular complexity index is 607. The van der Waals surface area contributed by atoms with Gasteiger partial charge in [0.25, 0.3) is 0 Å². The molecule has 10 N–H and O–H groups in total. The Morgan fingerprint density at radius 2 is 1.36 bits per heavy atom. The monoisotopic (exact) mass is 488 g/mol. The summed E-state index contributed by atoms with van der Waals surface area (Å²) in [6.45, 7) is -0.449. The largest absolute Gasteiger partial charge is 0.394 e. The van der Waals surface area contributed by atoms with E-state index in [1.165, 1.54) is 6.92 Å². The maximum atomic E-state index is 11.8. The molecule has 0 aromatic rings. The van der Waals surface area contributed by atoms with Crippen molar-refractivity contribution in [1.82, 2.24) is 0 Å². The summed E-state index contributed by atoms with van der Waals surface area (Å²) in [7, 11) is 0. The molecule has 33 heavy (non-hydrogen) atoms. The van der Waals surface area contributed by atoms with Crippen LogP contribution in [0.25, 0.3) is 0 Å². The fourth-order valence-electron chi connectivity index (χ4n) is 3.48. The normalized spacial score (nSPS) is 43.5. The van der Waals surface area contributed by atoms with Gasteiger partial charge in [0.15, 0.2) is 18.9 Å². The quantitative estimate of drug-likeness (QED) is 0.128. The van der Waals surface area contributed by atoms with Gasteiger partial charge in [-0.2, -0.15) is 0 Å². The van der Waals surface area contributed by atoms with Gasteiger partial charge < -0.3 is 74.8 Å². The van der Waals surface area contributed by atoms with Crippen molar-refractivity contribution in [2.24, 2.45) is 0 Å². The van der Waals surface area contributed by atoms with Gasteiger partial charge in [0.05, 0.1) is 19.3 Å². The zero-order chi connectivity index (χ0) is 25.0. The highest BCUT2D eigenvalue weighted by molar-refractivity contribution is 5.57. The van der Waals surface area contributed by atoms with Crippen LogP contribution in [-0.2, 0) is 23.7 Å². The fraction of sp³-hybridized carbons (Fsp3) is 0.944. The number of hydrogen-bond acceptors (Lipinski definition) is 15. The van der Waals surface area contributed by atoms with E-state index in [1.807, 2.05) is 0 Å². The van der Waals surface area contributed by atoms with E-state index in [2.05, 4.69) is 0 Å². The van der Waals surface area contributed by atoms with Gasteiger partial charge in [-0.1, -0.05) is 0 Å². The smallest absolute Gasteiger partial charge is 0.187 e. The average Bonchev–Trinajstić information content (AvgIpc) is 2.81. The molecule has 0 bridgehead atoms. The van der Waals surface area contributed by atoms with Crippen molar-refractivity contribution in [3.8, 4) is 0 Å². The molecule has 0 saturated carbocycles. The minimum absolute atomic E-state index is 0.0696. The molecular formula is C18H32O15. The summed E-state index contributed by atoms with van der Waals surface area (Å²) in [6.07, 6.45) is -24.3. The molecule has 0 spiro atoms. The van der Waals surface area contributed by atoms with Gasteiger partial charge in [0.2, 0.25) is 0 Å². The molecule has 0 aromatic heterocycles. The molecule has 1 unspecified atom stereocenters. The van der Waals surface area contributed by atoms with Gasteiger partial charge in [-0.05, 0) is 6.92 Å². The molecule has 15 nitrogen and oxygen atoms in total. The maximum Gasteiger partial charge on any atom is 0.187 e. The van der Waals surface area contributed by atoms with Crippen LogP contribution in [0.3, 0.4) is 0 Å². The van der Waals surface area contributed by atoms with Crippen LogP contribution in [0.1, 0.15) is 6.92 Å². The van der Waals surface area contributed by atoms with Crippen molar-refractivity contribution >= 4 is 6.29 Å². The highest BCUT2D eigenvalue weighted by atomic mass is 16.7. The van der Waals surface area contributed by atoms with Gasteiger partial charge in [-0.15, -0.1) is 0 Å². The molecule has 15 heteroatoms. The third-order valence-corrected chi connectivity index (χ3v) is 5.62. The lowest BCUT2D eigenvalue weighted by Gasteiger charge is -2.43. The molecule has 2 heterocycles. The van der Waals surface area contributed by atoms with Gasteiger partial charge in [0, 0.05) is 0 Å². The van der Waals surface area contributed by atoms with E-state index in [0.29, 0.717) is 0 Å². The second kappa shape index (κ2) is 12.2. The summed E-state index contributed by atoms with van der Waals surface area (Å²) in [6, 6.07) is 0. The van der Waals surface area contributed by atoms with E-state index in [4.69, 9.17) is 18.9 Å². The number of hydrogen-bond donors (Lipinski definition) is 10. The van der Waals surface area contributed by atoms with Crippen LogP contribution in [-0.4, -0.2) is 156 Å². The molecule has 0 amide bonds. The average molecular weight is 488 g/mol. The van der Waals surface area contributed by atoms with E-state index in [-0.39, 0.29) is 6.29 Å². The van der Waals surface area contributed by atoms with Crippen molar-refractivity contribution in [3.63, 3.8) is 0 Å². The van der Waals surface area contributed by atoms with Crippen molar-refractivity contribution < 1.29 is 74.8 Å². The predicted octanol–water partition coefficient (Wildman–Crippen LogP) is -6.70. The number of carbonyl (C=O) groups is 1. The molecule has 0 radical (unpaired) electrons. The summed E-state index contributed by atoms with van der Waals surface area (Å²) in [4.78, 5) is 11.8. The number of aldehydes is 1. The third-order valence-electron chi connectivity index (χ3n) is 5.62. The van der Waals surface area contributed by atoms with Crippen LogP contribution in [0.5, 0.6) is 0 Å². The highest BCUT2D eigenvalue weighted by Crippen LogP contribution is 2.28. The van der Waals surface area contributed by atoms with Crippen LogP contribution in [0, 0.1) is 0 Å². The molecule has 2 fully saturated rings. The maximum absolute atomic E-state index is 11.8. The Morgan fingerprint density at radius 1 is 0.818 bits per heavy atom. The Morgan fingerprint density at radius 3 is 1.88 bits per heavy atom. The first-order valence-electron chi connectivity index (χ1n) is 10.2. The summed E-state index contributed by atoms with van der Waals surface area (Å²) in [5.41, 5.74) is 0. The lowest BCUT2D eigenvalue weighted by molar-refractivity contribution is -0.342. The first-order valence-corrected chi connectivity index (χ1v) is 10.2. The number of carbonyl (C=O) groups excluding carboxylic acids is 1. The van der Waals surface area contributed by atoms with Crippen LogP contribution in [0.15, 0.2) is 0 Å². The first-order chi connectivity index (χ1) is 15.5. The predicted molar refractivity (Wildman–Crippen MR) is 101 cm³/mol. The van der Waals surface area contributed by atoms with Gasteiger partial charge in [-0.3, -0.25) is 0 Å². The lowest BCUT2D eigenvalue weighted by Crippen LogP contribution is -2.62. The lowest BCUT2D eigenvalue weighted by atomic mass is 9.98. The van der Waals surface area contributed by atoms with Crippen molar-refractivity contribution in [1.29, 1.82) is 0 Å². The minimum atomic E-state index is -2.06. The molecule has 0 aromatic carbocycles. The topological polar surface area (TPSA) is 256 Å². The summed E-state index contributed by atoms with van der Waals surface area (Å²) in [5, 5.41) is 98.5. The van der Waals surface area contributed by atoms with Gasteiger partial charge in [0.1, 0.15) is 67.1 Å². The van der Waals surface area contributed by atoms with E-state index in [1.54, 1.807) is 0 Å². The summed E-state index contributed by atoms with van der Waals surface area (Å²) in [5.74, 6) is 0. The Labute approximate surface area is 187 Å². The van der Waals surface area contributed by atoms with Crippen LogP contribution >= 0.6 is 0 Å². The van der Waals surface area contributed by atoms with Gasteiger partial charge >= 0.3 is 0 Å². The number of aliphatic hydroxyl groups is 10. The summed E-state index contributed by atoms with van der Waals surface area (Å²) >= 11 is 0. The van der Waals surface area contributed by atoms with E-state index in [9.17, 15) is 55.9 Å². The zero-order valence-electron chi connectivity index (χ0n) is 17.6. The molecule has 14 atom stereocenters. The minimum Gasteiger partial charge on any atom is -0.394 e. The molecule has 2 saturated heterocycles. The van der Waals surface area contributed by atoms with Crippen molar-refractivity contribution in [2.75, 3.05) is 13.2 Å². The number of aliphatic hydroxyl groups excluding tert-OH is 10. The number of ether oxygens (including phenoxy) is 4. The molecule has 2 aliphatic heterocycles. The van der Waals surface area contributed by atoms with Crippen LogP contribution < -0.4 is 0 Å². The van der Waals surface area contributed by atoms with E-state index < -0.39 is 99.0 Å². The zero-order valence-corrected chi connectivity index (χ0v) is 17.6. The Balaban J connectivity index is 2.27. The fourth-order valence-corrected chi connectivity index (χ4v) is 3.48. The Hall–Kier alpha value is -0.890. The van der Waals surface area contributed by atoms with Crippen molar-refractivity contribution in [2.45, 2.75) is 92.8 Å². The second-order valence-corrected chi connectivity index (χ2v) is 7.96. The molecule has 194 valence electrons.